The molecule has 0 atom stereocenters. The zero-order valence-electron chi connectivity index (χ0n) is 15.9. The van der Waals surface area contributed by atoms with Gasteiger partial charge in [-0.2, -0.15) is 0 Å². The molecule has 2 heterocycles. The molecule has 1 aromatic heterocycles. The van der Waals surface area contributed by atoms with Gasteiger partial charge in [0.05, 0.1) is 6.54 Å². The summed E-state index contributed by atoms with van der Waals surface area (Å²) in [4.78, 5) is 29.3. The summed E-state index contributed by atoms with van der Waals surface area (Å²) in [5.41, 5.74) is 1.08. The number of aliphatic imine (C=N–C) groups is 1. The number of carbonyl (C=O) groups is 1. The van der Waals surface area contributed by atoms with Gasteiger partial charge in [0.1, 0.15) is 0 Å². The smallest absolute Gasteiger partial charge is 0.239 e. The topological polar surface area (TPSA) is 85.8 Å². The number of carbonyl (C=O) groups excluding carboxylic acids is 1. The summed E-state index contributed by atoms with van der Waals surface area (Å²) in [6.45, 7) is 3.93. The third-order valence-electron chi connectivity index (χ3n) is 4.37. The van der Waals surface area contributed by atoms with Crippen LogP contribution in [0.25, 0.3) is 0 Å². The summed E-state index contributed by atoms with van der Waals surface area (Å²) in [6, 6.07) is 11.7. The second-order valence-electron chi connectivity index (χ2n) is 6.19. The molecule has 3 rings (SSSR count). The molecule has 0 unspecified atom stereocenters. The average molecular weight is 495 g/mol. The Morgan fingerprint density at radius 3 is 2.36 bits per heavy atom. The zero-order chi connectivity index (χ0) is 18.9. The lowest BCUT2D eigenvalue weighted by Gasteiger charge is -2.36. The first kappa shape index (κ1) is 21.9. The standard InChI is InChI=1S/C19H25N7O.HI/c1-20-18(24-15-17(27)23-14-16-6-3-2-4-7-16)25-10-12-26(13-11-25)19-21-8-5-9-22-19;/h2-9H,10-15H2,1H3,(H,20,24)(H,23,27);1H. The second-order valence-corrected chi connectivity index (χ2v) is 6.19. The lowest BCUT2D eigenvalue weighted by Crippen LogP contribution is -2.54. The number of rotatable bonds is 5. The maximum atomic E-state index is 12.1. The van der Waals surface area contributed by atoms with Crippen molar-refractivity contribution < 1.29 is 4.79 Å². The van der Waals surface area contributed by atoms with Crippen LogP contribution in [0.2, 0.25) is 0 Å². The van der Waals surface area contributed by atoms with E-state index < -0.39 is 0 Å². The van der Waals surface area contributed by atoms with E-state index >= 15 is 0 Å². The summed E-state index contributed by atoms with van der Waals surface area (Å²) in [5, 5.41) is 6.05. The molecule has 1 saturated heterocycles. The third-order valence-corrected chi connectivity index (χ3v) is 4.37. The minimum absolute atomic E-state index is 0. The van der Waals surface area contributed by atoms with Crippen molar-refractivity contribution in [2.75, 3.05) is 44.7 Å². The Kier molecular flexibility index (Phi) is 8.92. The number of benzene rings is 1. The summed E-state index contributed by atoms with van der Waals surface area (Å²) >= 11 is 0. The lowest BCUT2D eigenvalue weighted by molar-refractivity contribution is -0.120. The first-order valence-corrected chi connectivity index (χ1v) is 9.04. The summed E-state index contributed by atoms with van der Waals surface area (Å²) in [6.07, 6.45) is 3.51. The van der Waals surface area contributed by atoms with Crippen LogP contribution in [0.15, 0.2) is 53.8 Å². The van der Waals surface area contributed by atoms with E-state index in [1.165, 1.54) is 0 Å². The van der Waals surface area contributed by atoms with Gasteiger partial charge in [0, 0.05) is 52.2 Å². The van der Waals surface area contributed by atoms with Crippen molar-refractivity contribution in [2.24, 2.45) is 4.99 Å². The van der Waals surface area contributed by atoms with Crippen molar-refractivity contribution in [1.29, 1.82) is 0 Å². The fourth-order valence-corrected chi connectivity index (χ4v) is 2.92. The van der Waals surface area contributed by atoms with Gasteiger partial charge in [0.2, 0.25) is 11.9 Å². The number of aromatic nitrogens is 2. The van der Waals surface area contributed by atoms with E-state index in [9.17, 15) is 4.79 Å². The Bertz CT molecular complexity index is 749. The molecular formula is C19H26IN7O. The van der Waals surface area contributed by atoms with Crippen LogP contribution < -0.4 is 15.5 Å². The van der Waals surface area contributed by atoms with Crippen LogP contribution in [0.5, 0.6) is 0 Å². The average Bonchev–Trinajstić information content (AvgIpc) is 2.74. The maximum Gasteiger partial charge on any atom is 0.239 e. The van der Waals surface area contributed by atoms with Crippen LogP contribution in [0.4, 0.5) is 5.95 Å². The number of hydrogen-bond acceptors (Lipinski definition) is 5. The molecule has 1 aliphatic heterocycles. The van der Waals surface area contributed by atoms with E-state index in [1.807, 2.05) is 36.4 Å². The fourth-order valence-electron chi connectivity index (χ4n) is 2.92. The van der Waals surface area contributed by atoms with Crippen LogP contribution in [0, 0.1) is 0 Å². The molecule has 1 aromatic carbocycles. The van der Waals surface area contributed by atoms with Crippen molar-refractivity contribution in [2.45, 2.75) is 6.54 Å². The van der Waals surface area contributed by atoms with Crippen molar-refractivity contribution in [3.05, 3.63) is 54.4 Å². The summed E-state index contributed by atoms with van der Waals surface area (Å²) in [7, 11) is 1.73. The first-order valence-electron chi connectivity index (χ1n) is 9.04. The largest absolute Gasteiger partial charge is 0.350 e. The predicted octanol–water partition coefficient (Wildman–Crippen LogP) is 1.11. The Hall–Kier alpha value is -2.43. The van der Waals surface area contributed by atoms with Crippen LogP contribution in [-0.4, -0.2) is 66.5 Å². The molecule has 150 valence electrons. The van der Waals surface area contributed by atoms with Crippen molar-refractivity contribution in [3.8, 4) is 0 Å². The van der Waals surface area contributed by atoms with Gasteiger partial charge in [-0.05, 0) is 11.6 Å². The maximum absolute atomic E-state index is 12.1. The molecule has 0 bridgehead atoms. The second kappa shape index (κ2) is 11.4. The number of guanidine groups is 1. The van der Waals surface area contributed by atoms with E-state index in [4.69, 9.17) is 0 Å². The zero-order valence-corrected chi connectivity index (χ0v) is 18.2. The number of nitrogens with one attached hydrogen (secondary N) is 2. The molecule has 2 N–H and O–H groups in total. The van der Waals surface area contributed by atoms with Crippen LogP contribution in [0.3, 0.4) is 0 Å². The molecule has 0 saturated carbocycles. The van der Waals surface area contributed by atoms with Gasteiger partial charge < -0.3 is 20.4 Å². The molecule has 0 radical (unpaired) electrons. The van der Waals surface area contributed by atoms with Gasteiger partial charge in [-0.1, -0.05) is 30.3 Å². The molecule has 28 heavy (non-hydrogen) atoms. The van der Waals surface area contributed by atoms with Crippen molar-refractivity contribution >= 4 is 41.8 Å². The minimum atomic E-state index is -0.0590. The van der Waals surface area contributed by atoms with Crippen LogP contribution in [0.1, 0.15) is 5.56 Å². The number of amides is 1. The number of halogens is 1. The highest BCUT2D eigenvalue weighted by molar-refractivity contribution is 14.0. The van der Waals surface area contributed by atoms with Gasteiger partial charge in [0.15, 0.2) is 5.96 Å². The van der Waals surface area contributed by atoms with E-state index in [0.29, 0.717) is 6.54 Å². The number of hydrogen-bond donors (Lipinski definition) is 2. The van der Waals surface area contributed by atoms with Gasteiger partial charge in [-0.15, -0.1) is 24.0 Å². The van der Waals surface area contributed by atoms with Gasteiger partial charge in [0.25, 0.3) is 0 Å². The van der Waals surface area contributed by atoms with Crippen molar-refractivity contribution in [1.82, 2.24) is 25.5 Å². The highest BCUT2D eigenvalue weighted by Crippen LogP contribution is 2.09. The minimum Gasteiger partial charge on any atom is -0.350 e. The molecule has 1 aliphatic rings. The van der Waals surface area contributed by atoms with E-state index in [1.54, 1.807) is 19.4 Å². The summed E-state index contributed by atoms with van der Waals surface area (Å²) in [5.74, 6) is 1.43. The van der Waals surface area contributed by atoms with E-state index in [0.717, 1.165) is 43.7 Å². The summed E-state index contributed by atoms with van der Waals surface area (Å²) < 4.78 is 0. The SMILES string of the molecule is CN=C(NCC(=O)NCc1ccccc1)N1CCN(c2ncccn2)CC1.I. The van der Waals surface area contributed by atoms with Gasteiger partial charge in [-0.3, -0.25) is 9.79 Å². The Balaban J connectivity index is 0.00000280. The third kappa shape index (κ3) is 6.32. The highest BCUT2D eigenvalue weighted by atomic mass is 127. The van der Waals surface area contributed by atoms with E-state index in [-0.39, 0.29) is 36.4 Å². The normalized spacial score (nSPS) is 14.2. The van der Waals surface area contributed by atoms with Gasteiger partial charge in [-0.25, -0.2) is 9.97 Å². The Morgan fingerprint density at radius 1 is 1.04 bits per heavy atom. The Morgan fingerprint density at radius 2 is 1.71 bits per heavy atom. The molecule has 1 fully saturated rings. The molecule has 0 spiro atoms. The van der Waals surface area contributed by atoms with Crippen LogP contribution in [-0.2, 0) is 11.3 Å². The molecule has 0 aliphatic carbocycles. The number of anilines is 1. The van der Waals surface area contributed by atoms with E-state index in [2.05, 4.69) is 35.4 Å². The van der Waals surface area contributed by atoms with Crippen molar-refractivity contribution in [3.63, 3.8) is 0 Å². The lowest BCUT2D eigenvalue weighted by atomic mass is 10.2. The molecule has 8 nitrogen and oxygen atoms in total. The first-order chi connectivity index (χ1) is 13.3. The monoisotopic (exact) mass is 495 g/mol. The molecule has 1 amide bonds. The number of nitrogens with zero attached hydrogens (tertiary/aromatic N) is 5. The number of piperazine rings is 1. The Labute approximate surface area is 182 Å². The van der Waals surface area contributed by atoms with Crippen LogP contribution >= 0.6 is 24.0 Å². The highest BCUT2D eigenvalue weighted by Gasteiger charge is 2.21. The predicted molar refractivity (Wildman–Crippen MR) is 121 cm³/mol. The quantitative estimate of drug-likeness (QED) is 0.368. The fraction of sp³-hybridized carbons (Fsp3) is 0.368. The molecular weight excluding hydrogens is 469 g/mol. The molecule has 9 heteroatoms. The van der Waals surface area contributed by atoms with Gasteiger partial charge >= 0.3 is 0 Å². The molecule has 2 aromatic rings.